The molecule has 5 heteroatoms. The van der Waals surface area contributed by atoms with Gasteiger partial charge in [-0.1, -0.05) is 0 Å². The molecule has 1 N–H and O–H groups in total. The number of hydrogen-bond acceptors (Lipinski definition) is 2. The van der Waals surface area contributed by atoms with Crippen LogP contribution in [0.5, 0.6) is 0 Å². The van der Waals surface area contributed by atoms with E-state index < -0.39 is 0 Å². The van der Waals surface area contributed by atoms with Gasteiger partial charge in [0, 0.05) is 36.3 Å². The molecule has 18 heavy (non-hydrogen) atoms. The summed E-state index contributed by atoms with van der Waals surface area (Å²) in [5, 5.41) is 3.30. The molecule has 0 spiro atoms. The van der Waals surface area contributed by atoms with Crippen LogP contribution in [0.1, 0.15) is 35.8 Å². The van der Waals surface area contributed by atoms with E-state index in [4.69, 9.17) is 0 Å². The van der Waals surface area contributed by atoms with Gasteiger partial charge in [0.25, 0.3) is 5.91 Å². The predicted molar refractivity (Wildman–Crippen MR) is 73.8 cm³/mol. The molecule has 1 aromatic rings. The van der Waals surface area contributed by atoms with Gasteiger partial charge in [-0.05, 0) is 47.8 Å². The van der Waals surface area contributed by atoms with Crippen LogP contribution in [0.4, 0.5) is 0 Å². The van der Waals surface area contributed by atoms with Crippen LogP contribution in [0.15, 0.2) is 16.7 Å². The Balaban J connectivity index is 1.82. The van der Waals surface area contributed by atoms with Crippen molar-refractivity contribution in [3.8, 4) is 0 Å². The molecule has 1 saturated heterocycles. The van der Waals surface area contributed by atoms with E-state index in [0.717, 1.165) is 29.7 Å². The first-order valence-electron chi connectivity index (χ1n) is 6.52. The number of halogens is 1. The van der Waals surface area contributed by atoms with E-state index in [1.54, 1.807) is 0 Å². The molecular formula is C13H18BrN3O. The maximum atomic E-state index is 12.6. The number of aromatic nitrogens is 1. The van der Waals surface area contributed by atoms with Gasteiger partial charge in [-0.25, -0.2) is 0 Å². The van der Waals surface area contributed by atoms with Gasteiger partial charge in [0.2, 0.25) is 0 Å². The van der Waals surface area contributed by atoms with Crippen molar-refractivity contribution >= 4 is 21.8 Å². The Kier molecular flexibility index (Phi) is 3.20. The molecule has 1 aromatic heterocycles. The van der Waals surface area contributed by atoms with Crippen LogP contribution in [0.25, 0.3) is 0 Å². The van der Waals surface area contributed by atoms with Gasteiger partial charge in [-0.2, -0.15) is 0 Å². The van der Waals surface area contributed by atoms with Crippen molar-refractivity contribution < 1.29 is 4.79 Å². The molecule has 1 unspecified atom stereocenters. The fourth-order valence-electron chi connectivity index (χ4n) is 2.59. The topological polar surface area (TPSA) is 37.3 Å². The monoisotopic (exact) mass is 311 g/mol. The highest BCUT2D eigenvalue weighted by molar-refractivity contribution is 9.10. The van der Waals surface area contributed by atoms with Gasteiger partial charge >= 0.3 is 0 Å². The summed E-state index contributed by atoms with van der Waals surface area (Å²) in [5.41, 5.74) is 0.818. The zero-order chi connectivity index (χ0) is 12.7. The second-order valence-corrected chi connectivity index (χ2v) is 6.16. The van der Waals surface area contributed by atoms with Crippen LogP contribution in [0.3, 0.4) is 0 Å². The van der Waals surface area contributed by atoms with Crippen LogP contribution >= 0.6 is 15.9 Å². The number of carbonyl (C=O) groups is 1. The van der Waals surface area contributed by atoms with E-state index in [2.05, 4.69) is 25.8 Å². The molecule has 4 nitrogen and oxygen atoms in total. The molecule has 1 amide bonds. The number of carbonyl (C=O) groups excluding carboxylic acids is 1. The lowest BCUT2D eigenvalue weighted by atomic mass is 10.2. The third-order valence-electron chi connectivity index (χ3n) is 3.88. The van der Waals surface area contributed by atoms with Gasteiger partial charge in [0.15, 0.2) is 0 Å². The quantitative estimate of drug-likeness (QED) is 0.927. The van der Waals surface area contributed by atoms with Gasteiger partial charge in [-0.15, -0.1) is 0 Å². The van der Waals surface area contributed by atoms with E-state index in [-0.39, 0.29) is 5.91 Å². The van der Waals surface area contributed by atoms with E-state index >= 15 is 0 Å². The minimum Gasteiger partial charge on any atom is -0.339 e. The van der Waals surface area contributed by atoms with Crippen LogP contribution < -0.4 is 5.32 Å². The number of hydrogen-bond donors (Lipinski definition) is 1. The summed E-state index contributed by atoms with van der Waals surface area (Å²) >= 11 is 3.48. The molecule has 2 aliphatic rings. The summed E-state index contributed by atoms with van der Waals surface area (Å²) in [6, 6.07) is 2.81. The molecule has 1 atom stereocenters. The minimum absolute atomic E-state index is 0.140. The van der Waals surface area contributed by atoms with E-state index in [1.807, 2.05) is 24.2 Å². The third-order valence-corrected chi connectivity index (χ3v) is 4.31. The summed E-state index contributed by atoms with van der Waals surface area (Å²) in [4.78, 5) is 14.4. The molecule has 2 heterocycles. The van der Waals surface area contributed by atoms with Crippen molar-refractivity contribution in [2.45, 2.75) is 31.3 Å². The van der Waals surface area contributed by atoms with Gasteiger partial charge in [0.05, 0.1) is 0 Å². The van der Waals surface area contributed by atoms with Crippen molar-refractivity contribution in [1.82, 2.24) is 14.8 Å². The summed E-state index contributed by atoms with van der Waals surface area (Å²) < 4.78 is 3.13. The fraction of sp³-hybridized carbons (Fsp3) is 0.615. The number of rotatable bonds is 3. The molecule has 3 rings (SSSR count). The predicted octanol–water partition coefficient (Wildman–Crippen LogP) is 2.02. The fourth-order valence-corrected chi connectivity index (χ4v) is 3.03. The van der Waals surface area contributed by atoms with E-state index in [0.29, 0.717) is 12.1 Å². The Morgan fingerprint density at radius 1 is 1.50 bits per heavy atom. The number of amides is 1. The third kappa shape index (κ3) is 2.21. The molecule has 2 fully saturated rings. The van der Waals surface area contributed by atoms with Crippen molar-refractivity contribution in [2.24, 2.45) is 0 Å². The van der Waals surface area contributed by atoms with E-state index in [9.17, 15) is 4.79 Å². The zero-order valence-corrected chi connectivity index (χ0v) is 12.1. The standard InChI is InChI=1S/C13H18BrN3O/c1-16(11-4-5-15-7-11)13(18)12-6-9(14)8-17(12)10-2-3-10/h6,8,10-11,15H,2-5,7H2,1H3. The van der Waals surface area contributed by atoms with Crippen molar-refractivity contribution in [3.05, 3.63) is 22.4 Å². The molecule has 98 valence electrons. The molecule has 0 bridgehead atoms. The first-order chi connectivity index (χ1) is 8.66. The first-order valence-corrected chi connectivity index (χ1v) is 7.31. The number of nitrogens with one attached hydrogen (secondary N) is 1. The molecule has 1 aliphatic heterocycles. The highest BCUT2D eigenvalue weighted by Gasteiger charge is 2.31. The first kappa shape index (κ1) is 12.2. The van der Waals surface area contributed by atoms with Crippen LogP contribution in [0.2, 0.25) is 0 Å². The van der Waals surface area contributed by atoms with Crippen LogP contribution in [0, 0.1) is 0 Å². The SMILES string of the molecule is CN(C(=O)c1cc(Br)cn1C1CC1)C1CCNC1. The Labute approximate surface area is 115 Å². The number of likely N-dealkylation sites (N-methyl/N-ethyl adjacent to an activating group) is 1. The minimum atomic E-state index is 0.140. The van der Waals surface area contributed by atoms with Crippen molar-refractivity contribution in [2.75, 3.05) is 20.1 Å². The summed E-state index contributed by atoms with van der Waals surface area (Å²) in [6.07, 6.45) is 5.46. The summed E-state index contributed by atoms with van der Waals surface area (Å²) in [6.45, 7) is 1.92. The largest absolute Gasteiger partial charge is 0.339 e. The second-order valence-electron chi connectivity index (χ2n) is 5.24. The maximum Gasteiger partial charge on any atom is 0.270 e. The van der Waals surface area contributed by atoms with Crippen LogP contribution in [-0.2, 0) is 0 Å². The second kappa shape index (κ2) is 4.70. The summed E-state index contributed by atoms with van der Waals surface area (Å²) in [7, 11) is 1.91. The molecule has 1 aliphatic carbocycles. The lowest BCUT2D eigenvalue weighted by molar-refractivity contribution is 0.0732. The zero-order valence-electron chi connectivity index (χ0n) is 10.5. The molecule has 0 radical (unpaired) electrons. The highest BCUT2D eigenvalue weighted by Crippen LogP contribution is 2.37. The maximum absolute atomic E-state index is 12.6. The lowest BCUT2D eigenvalue weighted by Crippen LogP contribution is -2.39. The Hall–Kier alpha value is -0.810. The normalized spacial score (nSPS) is 23.3. The van der Waals surface area contributed by atoms with Gasteiger partial charge < -0.3 is 14.8 Å². The highest BCUT2D eigenvalue weighted by atomic mass is 79.9. The molecular weight excluding hydrogens is 294 g/mol. The van der Waals surface area contributed by atoms with Crippen molar-refractivity contribution in [3.63, 3.8) is 0 Å². The average Bonchev–Trinajstić information content (AvgIpc) is 2.91. The average molecular weight is 312 g/mol. The van der Waals surface area contributed by atoms with Gasteiger partial charge in [0.1, 0.15) is 5.69 Å². The van der Waals surface area contributed by atoms with Crippen LogP contribution in [-0.4, -0.2) is 41.6 Å². The number of nitrogens with zero attached hydrogens (tertiary/aromatic N) is 2. The Bertz CT molecular complexity index is 461. The molecule has 1 saturated carbocycles. The van der Waals surface area contributed by atoms with Gasteiger partial charge in [-0.3, -0.25) is 4.79 Å². The Morgan fingerprint density at radius 2 is 2.28 bits per heavy atom. The Morgan fingerprint density at radius 3 is 2.89 bits per heavy atom. The summed E-state index contributed by atoms with van der Waals surface area (Å²) in [5.74, 6) is 0.140. The smallest absolute Gasteiger partial charge is 0.270 e. The lowest BCUT2D eigenvalue weighted by Gasteiger charge is -2.24. The van der Waals surface area contributed by atoms with E-state index in [1.165, 1.54) is 12.8 Å². The van der Waals surface area contributed by atoms with Crippen molar-refractivity contribution in [1.29, 1.82) is 0 Å². The molecule has 0 aromatic carbocycles.